The summed E-state index contributed by atoms with van der Waals surface area (Å²) in [7, 11) is -2.30. The SMILES string of the molecule is COc1ccc(CN)cc1S(=O)(=O)Nc1ccc(C)cc1. The van der Waals surface area contributed by atoms with E-state index < -0.39 is 10.0 Å². The molecule has 0 atom stereocenters. The van der Waals surface area contributed by atoms with E-state index in [0.29, 0.717) is 5.69 Å². The van der Waals surface area contributed by atoms with Gasteiger partial charge in [-0.1, -0.05) is 23.8 Å². The molecule has 5 nitrogen and oxygen atoms in total. The van der Waals surface area contributed by atoms with Crippen LogP contribution in [0.3, 0.4) is 0 Å². The summed E-state index contributed by atoms with van der Waals surface area (Å²) in [5.41, 5.74) is 7.85. The molecular weight excluding hydrogens is 288 g/mol. The van der Waals surface area contributed by atoms with E-state index in [9.17, 15) is 8.42 Å². The summed E-state index contributed by atoms with van der Waals surface area (Å²) in [4.78, 5) is 0.0773. The van der Waals surface area contributed by atoms with E-state index in [0.717, 1.165) is 11.1 Å². The minimum atomic E-state index is -3.73. The molecule has 2 aromatic carbocycles. The molecule has 0 amide bonds. The molecular formula is C15H18N2O3S. The molecule has 0 aromatic heterocycles. The maximum Gasteiger partial charge on any atom is 0.265 e. The van der Waals surface area contributed by atoms with Gasteiger partial charge in [-0.05, 0) is 36.8 Å². The van der Waals surface area contributed by atoms with Crippen molar-refractivity contribution in [3.05, 3.63) is 53.6 Å². The number of benzene rings is 2. The van der Waals surface area contributed by atoms with Crippen molar-refractivity contribution in [2.45, 2.75) is 18.4 Å². The molecule has 0 radical (unpaired) electrons. The molecule has 2 rings (SSSR count). The van der Waals surface area contributed by atoms with Gasteiger partial charge in [0.15, 0.2) is 0 Å². The Kier molecular flexibility index (Phi) is 4.50. The normalized spacial score (nSPS) is 11.2. The van der Waals surface area contributed by atoms with Gasteiger partial charge in [0.25, 0.3) is 10.0 Å². The molecule has 0 bridgehead atoms. The van der Waals surface area contributed by atoms with Gasteiger partial charge >= 0.3 is 0 Å². The fraction of sp³-hybridized carbons (Fsp3) is 0.200. The second-order valence-electron chi connectivity index (χ2n) is 4.66. The molecule has 6 heteroatoms. The van der Waals surface area contributed by atoms with Gasteiger partial charge in [0.2, 0.25) is 0 Å². The van der Waals surface area contributed by atoms with Gasteiger partial charge in [-0.2, -0.15) is 0 Å². The number of sulfonamides is 1. The minimum Gasteiger partial charge on any atom is -0.495 e. The molecule has 112 valence electrons. The fourth-order valence-corrected chi connectivity index (χ4v) is 3.17. The van der Waals surface area contributed by atoms with Gasteiger partial charge in [-0.3, -0.25) is 4.72 Å². The maximum atomic E-state index is 12.5. The first kappa shape index (κ1) is 15.3. The third-order valence-corrected chi connectivity index (χ3v) is 4.46. The van der Waals surface area contributed by atoms with Crippen molar-refractivity contribution in [1.29, 1.82) is 0 Å². The van der Waals surface area contributed by atoms with Crippen molar-refractivity contribution in [1.82, 2.24) is 0 Å². The van der Waals surface area contributed by atoms with Gasteiger partial charge in [0, 0.05) is 12.2 Å². The smallest absolute Gasteiger partial charge is 0.265 e. The lowest BCUT2D eigenvalue weighted by molar-refractivity contribution is 0.402. The number of methoxy groups -OCH3 is 1. The molecule has 21 heavy (non-hydrogen) atoms. The average molecular weight is 306 g/mol. The van der Waals surface area contributed by atoms with Crippen molar-refractivity contribution in [3.63, 3.8) is 0 Å². The molecule has 0 saturated heterocycles. The molecule has 2 aromatic rings. The molecule has 0 saturated carbocycles. The Morgan fingerprint density at radius 3 is 2.38 bits per heavy atom. The van der Waals surface area contributed by atoms with E-state index in [-0.39, 0.29) is 17.2 Å². The molecule has 0 aliphatic heterocycles. The zero-order valence-electron chi connectivity index (χ0n) is 12.0. The first-order chi connectivity index (χ1) is 9.96. The Morgan fingerprint density at radius 2 is 1.81 bits per heavy atom. The highest BCUT2D eigenvalue weighted by atomic mass is 32.2. The first-order valence-electron chi connectivity index (χ1n) is 6.43. The number of hydrogen-bond acceptors (Lipinski definition) is 4. The number of nitrogens with two attached hydrogens (primary N) is 1. The first-order valence-corrected chi connectivity index (χ1v) is 7.91. The molecule has 0 fully saturated rings. The Balaban J connectivity index is 2.41. The van der Waals surface area contributed by atoms with Crippen LogP contribution in [0.1, 0.15) is 11.1 Å². The molecule has 0 spiro atoms. The summed E-state index contributed by atoms with van der Waals surface area (Å²) in [6, 6.07) is 12.0. The summed E-state index contributed by atoms with van der Waals surface area (Å²) >= 11 is 0. The fourth-order valence-electron chi connectivity index (χ4n) is 1.89. The van der Waals surface area contributed by atoms with Crippen molar-refractivity contribution in [3.8, 4) is 5.75 Å². The summed E-state index contributed by atoms with van der Waals surface area (Å²) in [5.74, 6) is 0.284. The number of aryl methyl sites for hydroxylation is 1. The average Bonchev–Trinajstić information content (AvgIpc) is 2.48. The summed E-state index contributed by atoms with van der Waals surface area (Å²) in [6.07, 6.45) is 0. The summed E-state index contributed by atoms with van der Waals surface area (Å²) in [6.45, 7) is 2.20. The summed E-state index contributed by atoms with van der Waals surface area (Å²) < 4.78 is 32.7. The van der Waals surface area contributed by atoms with Crippen LogP contribution < -0.4 is 15.2 Å². The lowest BCUT2D eigenvalue weighted by Gasteiger charge is -2.13. The van der Waals surface area contributed by atoms with Crippen molar-refractivity contribution in [2.75, 3.05) is 11.8 Å². The Labute approximate surface area is 124 Å². The highest BCUT2D eigenvalue weighted by Gasteiger charge is 2.20. The zero-order valence-corrected chi connectivity index (χ0v) is 12.8. The topological polar surface area (TPSA) is 81.4 Å². The van der Waals surface area contributed by atoms with Crippen molar-refractivity contribution in [2.24, 2.45) is 5.73 Å². The Bertz CT molecular complexity index is 725. The van der Waals surface area contributed by atoms with Crippen molar-refractivity contribution < 1.29 is 13.2 Å². The van der Waals surface area contributed by atoms with Crippen LogP contribution in [0.4, 0.5) is 5.69 Å². The third kappa shape index (κ3) is 3.53. The van der Waals surface area contributed by atoms with Crippen LogP contribution in [0, 0.1) is 6.92 Å². The monoisotopic (exact) mass is 306 g/mol. The highest BCUT2D eigenvalue weighted by Crippen LogP contribution is 2.27. The lowest BCUT2D eigenvalue weighted by atomic mass is 10.2. The molecule has 3 N–H and O–H groups in total. The third-order valence-electron chi connectivity index (χ3n) is 3.06. The second kappa shape index (κ2) is 6.15. The molecule has 0 aliphatic rings. The van der Waals surface area contributed by atoms with Crippen LogP contribution in [0.15, 0.2) is 47.4 Å². The Morgan fingerprint density at radius 1 is 1.14 bits per heavy atom. The van der Waals surface area contributed by atoms with Crippen LogP contribution in [-0.4, -0.2) is 15.5 Å². The van der Waals surface area contributed by atoms with E-state index in [1.54, 1.807) is 24.3 Å². The number of hydrogen-bond donors (Lipinski definition) is 2. The van der Waals surface area contributed by atoms with Gasteiger partial charge in [0.1, 0.15) is 10.6 Å². The van der Waals surface area contributed by atoms with E-state index in [2.05, 4.69) is 4.72 Å². The van der Waals surface area contributed by atoms with Gasteiger partial charge in [-0.15, -0.1) is 0 Å². The largest absolute Gasteiger partial charge is 0.495 e. The highest BCUT2D eigenvalue weighted by molar-refractivity contribution is 7.92. The van der Waals surface area contributed by atoms with E-state index >= 15 is 0 Å². The molecule has 0 unspecified atom stereocenters. The zero-order chi connectivity index (χ0) is 15.5. The number of nitrogens with one attached hydrogen (secondary N) is 1. The van der Waals surface area contributed by atoms with E-state index in [1.165, 1.54) is 13.2 Å². The molecule has 0 aliphatic carbocycles. The summed E-state index contributed by atoms with van der Waals surface area (Å²) in [5, 5.41) is 0. The number of anilines is 1. The predicted octanol–water partition coefficient (Wildman–Crippen LogP) is 2.26. The van der Waals surface area contributed by atoms with Crippen LogP contribution in [0.5, 0.6) is 5.75 Å². The van der Waals surface area contributed by atoms with Gasteiger partial charge in [0.05, 0.1) is 7.11 Å². The standard InChI is InChI=1S/C15H18N2O3S/c1-11-3-6-13(7-4-11)17-21(18,19)15-9-12(10-16)5-8-14(15)20-2/h3-9,17H,10,16H2,1-2H3. The van der Waals surface area contributed by atoms with Crippen LogP contribution in [-0.2, 0) is 16.6 Å². The van der Waals surface area contributed by atoms with Crippen LogP contribution >= 0.6 is 0 Å². The Hall–Kier alpha value is -2.05. The predicted molar refractivity (Wildman–Crippen MR) is 82.9 cm³/mol. The quantitative estimate of drug-likeness (QED) is 0.888. The second-order valence-corrected chi connectivity index (χ2v) is 6.31. The van der Waals surface area contributed by atoms with Crippen LogP contribution in [0.25, 0.3) is 0 Å². The molecule has 0 heterocycles. The van der Waals surface area contributed by atoms with Gasteiger partial charge < -0.3 is 10.5 Å². The van der Waals surface area contributed by atoms with Gasteiger partial charge in [-0.25, -0.2) is 8.42 Å². The number of ether oxygens (including phenoxy) is 1. The number of rotatable bonds is 5. The van der Waals surface area contributed by atoms with Crippen LogP contribution in [0.2, 0.25) is 0 Å². The van der Waals surface area contributed by atoms with Crippen molar-refractivity contribution >= 4 is 15.7 Å². The van der Waals surface area contributed by atoms with E-state index in [1.807, 2.05) is 19.1 Å². The lowest BCUT2D eigenvalue weighted by Crippen LogP contribution is -2.14. The maximum absolute atomic E-state index is 12.5. The minimum absolute atomic E-state index is 0.0773. The van der Waals surface area contributed by atoms with E-state index in [4.69, 9.17) is 10.5 Å².